The minimum atomic E-state index is 0.591. The number of pyridine rings is 1. The Morgan fingerprint density at radius 3 is 2.70 bits per heavy atom. The number of hydrogen-bond donors (Lipinski definition) is 0. The largest absolute Gasteiger partial charge is 0.352 e. The molecule has 0 saturated carbocycles. The summed E-state index contributed by atoms with van der Waals surface area (Å²) in [6.45, 7) is 4.77. The molecule has 1 aromatic rings. The predicted octanol–water partition coefficient (Wildman–Crippen LogP) is 2.41. The normalized spacial score (nSPS) is 23.8. The van der Waals surface area contributed by atoms with Crippen molar-refractivity contribution >= 4 is 5.82 Å². The standard InChI is InChI=1S/C16H22N4/c17-11-14-6-7-16(18-12-14)20-10-4-5-15(20)13-19-8-2-1-3-9-19/h6-7,12,15H,1-5,8-10,13H2/t15-/m1/s1. The van der Waals surface area contributed by atoms with E-state index in [1.165, 1.54) is 51.7 Å². The molecule has 2 aliphatic rings. The molecule has 0 aliphatic carbocycles. The van der Waals surface area contributed by atoms with Gasteiger partial charge in [-0.3, -0.25) is 0 Å². The van der Waals surface area contributed by atoms with Crippen LogP contribution >= 0.6 is 0 Å². The smallest absolute Gasteiger partial charge is 0.128 e. The molecule has 0 aromatic carbocycles. The Labute approximate surface area is 121 Å². The number of hydrogen-bond acceptors (Lipinski definition) is 4. The Kier molecular flexibility index (Phi) is 4.17. The zero-order valence-electron chi connectivity index (χ0n) is 12.0. The summed E-state index contributed by atoms with van der Waals surface area (Å²) in [4.78, 5) is 9.49. The Bertz CT molecular complexity index is 470. The second-order valence-corrected chi connectivity index (χ2v) is 5.87. The van der Waals surface area contributed by atoms with E-state index in [2.05, 4.69) is 20.9 Å². The van der Waals surface area contributed by atoms with Crippen molar-refractivity contribution < 1.29 is 0 Å². The number of anilines is 1. The molecule has 4 nitrogen and oxygen atoms in total. The molecular weight excluding hydrogens is 248 g/mol. The first-order chi connectivity index (χ1) is 9.86. The summed E-state index contributed by atoms with van der Waals surface area (Å²) in [6, 6.07) is 6.59. The van der Waals surface area contributed by atoms with Crippen molar-refractivity contribution in [3.05, 3.63) is 23.9 Å². The van der Waals surface area contributed by atoms with Crippen LogP contribution < -0.4 is 4.90 Å². The highest BCUT2D eigenvalue weighted by Crippen LogP contribution is 2.25. The minimum absolute atomic E-state index is 0.591. The molecule has 4 heteroatoms. The SMILES string of the molecule is N#Cc1ccc(N2CCC[C@@H]2CN2CCCCC2)nc1. The number of aromatic nitrogens is 1. The molecule has 106 valence electrons. The van der Waals surface area contributed by atoms with E-state index in [9.17, 15) is 0 Å². The van der Waals surface area contributed by atoms with Crippen LogP contribution in [0.5, 0.6) is 0 Å². The first-order valence-electron chi connectivity index (χ1n) is 7.72. The average molecular weight is 270 g/mol. The van der Waals surface area contributed by atoms with Crippen molar-refractivity contribution in [2.24, 2.45) is 0 Å². The second kappa shape index (κ2) is 6.23. The van der Waals surface area contributed by atoms with E-state index in [1.54, 1.807) is 6.20 Å². The minimum Gasteiger partial charge on any atom is -0.352 e. The van der Waals surface area contributed by atoms with Crippen molar-refractivity contribution in [2.45, 2.75) is 38.1 Å². The lowest BCUT2D eigenvalue weighted by Crippen LogP contribution is -2.42. The van der Waals surface area contributed by atoms with Crippen molar-refractivity contribution in [1.82, 2.24) is 9.88 Å². The fraction of sp³-hybridized carbons (Fsp3) is 0.625. The fourth-order valence-corrected chi connectivity index (χ4v) is 3.39. The third-order valence-electron chi connectivity index (χ3n) is 4.47. The van der Waals surface area contributed by atoms with Crippen LogP contribution in [-0.4, -0.2) is 42.1 Å². The van der Waals surface area contributed by atoms with Crippen molar-refractivity contribution in [2.75, 3.05) is 31.1 Å². The molecule has 0 radical (unpaired) electrons. The highest BCUT2D eigenvalue weighted by molar-refractivity contribution is 5.44. The Morgan fingerprint density at radius 1 is 1.15 bits per heavy atom. The molecule has 2 saturated heterocycles. The van der Waals surface area contributed by atoms with Gasteiger partial charge in [0.2, 0.25) is 0 Å². The topological polar surface area (TPSA) is 43.2 Å². The van der Waals surface area contributed by atoms with Crippen molar-refractivity contribution in [1.29, 1.82) is 5.26 Å². The van der Waals surface area contributed by atoms with Gasteiger partial charge >= 0.3 is 0 Å². The molecule has 2 fully saturated rings. The predicted molar refractivity (Wildman–Crippen MR) is 79.6 cm³/mol. The maximum absolute atomic E-state index is 8.85. The molecule has 0 spiro atoms. The highest BCUT2D eigenvalue weighted by Gasteiger charge is 2.27. The summed E-state index contributed by atoms with van der Waals surface area (Å²) >= 11 is 0. The van der Waals surface area contributed by atoms with Crippen LogP contribution in [0.3, 0.4) is 0 Å². The zero-order chi connectivity index (χ0) is 13.8. The zero-order valence-corrected chi connectivity index (χ0v) is 12.0. The summed E-state index contributed by atoms with van der Waals surface area (Å²) in [5.74, 6) is 1.03. The van der Waals surface area contributed by atoms with E-state index >= 15 is 0 Å². The molecule has 0 amide bonds. The maximum atomic E-state index is 8.85. The van der Waals surface area contributed by atoms with Gasteiger partial charge in [-0.05, 0) is 50.9 Å². The van der Waals surface area contributed by atoms with Gasteiger partial charge in [0.05, 0.1) is 5.56 Å². The van der Waals surface area contributed by atoms with Crippen LogP contribution in [0.15, 0.2) is 18.3 Å². The molecular formula is C16H22N4. The van der Waals surface area contributed by atoms with Gasteiger partial charge in [-0.2, -0.15) is 5.26 Å². The third kappa shape index (κ3) is 2.94. The van der Waals surface area contributed by atoms with E-state index in [4.69, 9.17) is 5.26 Å². The molecule has 1 aromatic heterocycles. The van der Waals surface area contributed by atoms with Gasteiger partial charge in [-0.1, -0.05) is 6.42 Å². The lowest BCUT2D eigenvalue weighted by atomic mass is 10.1. The second-order valence-electron chi connectivity index (χ2n) is 5.87. The molecule has 2 aliphatic heterocycles. The van der Waals surface area contributed by atoms with E-state index in [0.29, 0.717) is 11.6 Å². The Balaban J connectivity index is 1.66. The Morgan fingerprint density at radius 2 is 2.00 bits per heavy atom. The van der Waals surface area contributed by atoms with Crippen LogP contribution in [0.4, 0.5) is 5.82 Å². The number of rotatable bonds is 3. The van der Waals surface area contributed by atoms with Crippen LogP contribution in [0.1, 0.15) is 37.7 Å². The van der Waals surface area contributed by atoms with Gasteiger partial charge in [-0.25, -0.2) is 4.98 Å². The van der Waals surface area contributed by atoms with Crippen LogP contribution in [0.2, 0.25) is 0 Å². The molecule has 3 heterocycles. The lowest BCUT2D eigenvalue weighted by molar-refractivity contribution is 0.216. The average Bonchev–Trinajstić information content (AvgIpc) is 2.96. The quantitative estimate of drug-likeness (QED) is 0.846. The van der Waals surface area contributed by atoms with Gasteiger partial charge in [-0.15, -0.1) is 0 Å². The highest BCUT2D eigenvalue weighted by atomic mass is 15.3. The van der Waals surface area contributed by atoms with Gasteiger partial charge in [0.15, 0.2) is 0 Å². The number of piperidine rings is 1. The fourth-order valence-electron chi connectivity index (χ4n) is 3.39. The van der Waals surface area contributed by atoms with E-state index in [1.807, 2.05) is 12.1 Å². The van der Waals surface area contributed by atoms with Gasteiger partial charge < -0.3 is 9.80 Å². The molecule has 0 bridgehead atoms. The number of likely N-dealkylation sites (tertiary alicyclic amines) is 1. The molecule has 0 unspecified atom stereocenters. The van der Waals surface area contributed by atoms with Crippen LogP contribution in [0.25, 0.3) is 0 Å². The van der Waals surface area contributed by atoms with E-state index in [-0.39, 0.29) is 0 Å². The van der Waals surface area contributed by atoms with Crippen LogP contribution in [-0.2, 0) is 0 Å². The summed E-state index contributed by atoms with van der Waals surface area (Å²) < 4.78 is 0. The first-order valence-corrected chi connectivity index (χ1v) is 7.72. The Hall–Kier alpha value is -1.60. The number of nitrogens with zero attached hydrogens (tertiary/aromatic N) is 4. The summed E-state index contributed by atoms with van der Waals surface area (Å²) in [7, 11) is 0. The first kappa shape index (κ1) is 13.4. The van der Waals surface area contributed by atoms with E-state index < -0.39 is 0 Å². The van der Waals surface area contributed by atoms with Crippen LogP contribution in [0, 0.1) is 11.3 Å². The monoisotopic (exact) mass is 270 g/mol. The van der Waals surface area contributed by atoms with Crippen molar-refractivity contribution in [3.63, 3.8) is 0 Å². The summed E-state index contributed by atoms with van der Waals surface area (Å²) in [5.41, 5.74) is 0.639. The molecule has 1 atom stereocenters. The molecule has 3 rings (SSSR count). The third-order valence-corrected chi connectivity index (χ3v) is 4.47. The summed E-state index contributed by atoms with van der Waals surface area (Å²) in [5, 5.41) is 8.85. The van der Waals surface area contributed by atoms with Gasteiger partial charge in [0.25, 0.3) is 0 Å². The molecule has 0 N–H and O–H groups in total. The van der Waals surface area contributed by atoms with Crippen molar-refractivity contribution in [3.8, 4) is 6.07 Å². The van der Waals surface area contributed by atoms with Gasteiger partial charge in [0, 0.05) is 25.3 Å². The van der Waals surface area contributed by atoms with Gasteiger partial charge in [0.1, 0.15) is 11.9 Å². The molecule has 20 heavy (non-hydrogen) atoms. The lowest BCUT2D eigenvalue weighted by Gasteiger charge is -2.33. The van der Waals surface area contributed by atoms with E-state index in [0.717, 1.165) is 12.4 Å². The summed E-state index contributed by atoms with van der Waals surface area (Å²) in [6.07, 6.45) is 8.29. The number of nitriles is 1. The maximum Gasteiger partial charge on any atom is 0.128 e.